The first-order valence-electron chi connectivity index (χ1n) is 5.84. The van der Waals surface area contributed by atoms with Crippen LogP contribution >= 0.6 is 0 Å². The molecular formula is C15H10FNO2. The molecule has 0 unspecified atom stereocenters. The summed E-state index contributed by atoms with van der Waals surface area (Å²) in [6.07, 6.45) is 0. The second-order valence-corrected chi connectivity index (χ2v) is 4.47. The van der Waals surface area contributed by atoms with Crippen molar-refractivity contribution in [2.75, 3.05) is 0 Å². The van der Waals surface area contributed by atoms with Gasteiger partial charge in [0.05, 0.1) is 5.56 Å². The monoisotopic (exact) mass is 255 g/mol. The number of nitrogens with zero attached hydrogens (tertiary/aromatic N) is 1. The molecule has 0 radical (unpaired) electrons. The Morgan fingerprint density at radius 2 is 1.79 bits per heavy atom. The minimum atomic E-state index is -0.662. The van der Waals surface area contributed by atoms with E-state index in [0.717, 1.165) is 5.56 Å². The topological polar surface area (TPSA) is 43.1 Å². The highest BCUT2D eigenvalue weighted by molar-refractivity contribution is 6.52. The molecule has 0 aromatic heterocycles. The maximum absolute atomic E-state index is 13.7. The minimum absolute atomic E-state index is 0.0277. The van der Waals surface area contributed by atoms with Gasteiger partial charge in [-0.2, -0.15) is 4.74 Å². The molecule has 0 spiro atoms. The standard InChI is InChI=1S/C15H10FNO2/c1-9-5-7-10(8-6-9)14-15(18)13-11(16)3-2-4-12(13)17(14)19/h2-8H,1H3. The normalized spacial score (nSPS) is 13.9. The lowest BCUT2D eigenvalue weighted by Crippen LogP contribution is -2.17. The van der Waals surface area contributed by atoms with Gasteiger partial charge in [-0.25, -0.2) is 4.39 Å². The van der Waals surface area contributed by atoms with Crippen molar-refractivity contribution in [3.05, 3.63) is 70.2 Å². The van der Waals surface area contributed by atoms with Gasteiger partial charge >= 0.3 is 0 Å². The highest BCUT2D eigenvalue weighted by atomic mass is 19.1. The Balaban J connectivity index is 2.20. The summed E-state index contributed by atoms with van der Waals surface area (Å²) in [5, 5.41) is 12.1. The van der Waals surface area contributed by atoms with Gasteiger partial charge in [-0.05, 0) is 25.1 Å². The van der Waals surface area contributed by atoms with Crippen molar-refractivity contribution in [3.63, 3.8) is 0 Å². The summed E-state index contributed by atoms with van der Waals surface area (Å²) in [5.74, 6) is -1.22. The van der Waals surface area contributed by atoms with Gasteiger partial charge in [-0.3, -0.25) is 4.79 Å². The molecule has 1 heterocycles. The van der Waals surface area contributed by atoms with Crippen LogP contribution in [-0.2, 0) is 0 Å². The zero-order chi connectivity index (χ0) is 13.6. The van der Waals surface area contributed by atoms with E-state index in [9.17, 15) is 14.4 Å². The van der Waals surface area contributed by atoms with E-state index in [2.05, 4.69) is 0 Å². The fourth-order valence-electron chi connectivity index (χ4n) is 2.20. The number of benzene rings is 2. The predicted octanol–water partition coefficient (Wildman–Crippen LogP) is 2.96. The number of aryl methyl sites for hydroxylation is 1. The summed E-state index contributed by atoms with van der Waals surface area (Å²) in [4.78, 5) is 12.2. The first kappa shape index (κ1) is 11.6. The summed E-state index contributed by atoms with van der Waals surface area (Å²) in [7, 11) is 0. The van der Waals surface area contributed by atoms with E-state index in [-0.39, 0.29) is 17.0 Å². The Kier molecular flexibility index (Phi) is 2.45. The van der Waals surface area contributed by atoms with E-state index >= 15 is 0 Å². The van der Waals surface area contributed by atoms with Crippen LogP contribution in [0.4, 0.5) is 10.1 Å². The number of fused-ring (bicyclic) bond motifs is 1. The average Bonchev–Trinajstić information content (AvgIpc) is 2.65. The predicted molar refractivity (Wildman–Crippen MR) is 69.3 cm³/mol. The van der Waals surface area contributed by atoms with Gasteiger partial charge in [0.15, 0.2) is 0 Å². The fraction of sp³-hybridized carbons (Fsp3) is 0.0667. The van der Waals surface area contributed by atoms with E-state index in [1.807, 2.05) is 19.1 Å². The van der Waals surface area contributed by atoms with E-state index in [1.165, 1.54) is 18.2 Å². The number of halogens is 1. The van der Waals surface area contributed by atoms with Gasteiger partial charge in [0, 0.05) is 6.07 Å². The quantitative estimate of drug-likeness (QED) is 0.580. The first-order valence-corrected chi connectivity index (χ1v) is 5.84. The van der Waals surface area contributed by atoms with Gasteiger partial charge in [-0.15, -0.1) is 0 Å². The number of hydrogen-bond donors (Lipinski definition) is 0. The molecule has 0 saturated heterocycles. The molecule has 0 aliphatic carbocycles. The van der Waals surface area contributed by atoms with Crippen LogP contribution < -0.4 is 0 Å². The average molecular weight is 255 g/mol. The van der Waals surface area contributed by atoms with Crippen molar-refractivity contribution in [1.29, 1.82) is 0 Å². The second-order valence-electron chi connectivity index (χ2n) is 4.47. The van der Waals surface area contributed by atoms with Crippen molar-refractivity contribution >= 4 is 17.2 Å². The number of carbonyl (C=O) groups is 1. The zero-order valence-corrected chi connectivity index (χ0v) is 10.2. The van der Waals surface area contributed by atoms with E-state index in [1.54, 1.807) is 12.1 Å². The molecule has 2 aromatic carbocycles. The molecule has 4 heteroatoms. The molecule has 0 N–H and O–H groups in total. The maximum atomic E-state index is 13.7. The Morgan fingerprint density at radius 1 is 1.11 bits per heavy atom. The summed E-state index contributed by atoms with van der Waals surface area (Å²) in [6, 6.07) is 11.1. The molecule has 3 nitrogen and oxygen atoms in total. The smallest absolute Gasteiger partial charge is 0.273 e. The lowest BCUT2D eigenvalue weighted by molar-refractivity contribution is -0.355. The third-order valence-electron chi connectivity index (χ3n) is 3.18. The zero-order valence-electron chi connectivity index (χ0n) is 10.2. The number of rotatable bonds is 1. The molecule has 0 atom stereocenters. The van der Waals surface area contributed by atoms with E-state index < -0.39 is 11.6 Å². The van der Waals surface area contributed by atoms with Gasteiger partial charge in [0.2, 0.25) is 5.69 Å². The van der Waals surface area contributed by atoms with Crippen LogP contribution in [0.3, 0.4) is 0 Å². The van der Waals surface area contributed by atoms with Crippen LogP contribution in [0, 0.1) is 17.9 Å². The van der Waals surface area contributed by atoms with Crippen molar-refractivity contribution in [3.8, 4) is 0 Å². The Morgan fingerprint density at radius 3 is 2.42 bits per heavy atom. The van der Waals surface area contributed by atoms with Gasteiger partial charge in [-0.1, -0.05) is 23.8 Å². The van der Waals surface area contributed by atoms with Gasteiger partial charge in [0.1, 0.15) is 11.4 Å². The van der Waals surface area contributed by atoms with Crippen LogP contribution in [0.25, 0.3) is 0 Å². The minimum Gasteiger partial charge on any atom is -0.618 e. The van der Waals surface area contributed by atoms with Crippen LogP contribution in [0.15, 0.2) is 42.5 Å². The summed E-state index contributed by atoms with van der Waals surface area (Å²) in [5.41, 5.74) is 1.42. The van der Waals surface area contributed by atoms with E-state index in [4.69, 9.17) is 0 Å². The molecule has 1 aliphatic heterocycles. The summed E-state index contributed by atoms with van der Waals surface area (Å²) in [6.45, 7) is 1.91. The van der Waals surface area contributed by atoms with E-state index in [0.29, 0.717) is 10.3 Å². The highest BCUT2D eigenvalue weighted by Gasteiger charge is 2.38. The Hall–Kier alpha value is -2.49. The molecule has 0 bridgehead atoms. The third-order valence-corrected chi connectivity index (χ3v) is 3.18. The molecule has 94 valence electrons. The van der Waals surface area contributed by atoms with Crippen molar-refractivity contribution < 1.29 is 13.9 Å². The molecule has 2 aromatic rings. The van der Waals surface area contributed by atoms with Crippen molar-refractivity contribution in [1.82, 2.24) is 0 Å². The lowest BCUT2D eigenvalue weighted by Gasteiger charge is -2.02. The molecular weight excluding hydrogens is 245 g/mol. The molecule has 0 fully saturated rings. The van der Waals surface area contributed by atoms with Gasteiger partial charge < -0.3 is 5.21 Å². The third kappa shape index (κ3) is 1.64. The summed E-state index contributed by atoms with van der Waals surface area (Å²) >= 11 is 0. The molecule has 3 rings (SSSR count). The number of Topliss-reactive ketones (excluding diaryl/α,β-unsaturated/α-hetero) is 1. The van der Waals surface area contributed by atoms with Crippen LogP contribution in [0.2, 0.25) is 0 Å². The fourth-order valence-corrected chi connectivity index (χ4v) is 2.20. The van der Waals surface area contributed by atoms with Crippen LogP contribution in [-0.4, -0.2) is 16.2 Å². The second kappa shape index (κ2) is 4.02. The number of carbonyl (C=O) groups excluding carboxylic acids is 1. The first-order chi connectivity index (χ1) is 9.09. The SMILES string of the molecule is Cc1ccc(C2=[N+]([O-])c3cccc(F)c3C2=O)cc1. The lowest BCUT2D eigenvalue weighted by atomic mass is 10.0. The van der Waals surface area contributed by atoms with Crippen LogP contribution in [0.5, 0.6) is 0 Å². The van der Waals surface area contributed by atoms with Gasteiger partial charge in [0.25, 0.3) is 11.5 Å². The number of ketones is 1. The Bertz CT molecular complexity index is 717. The van der Waals surface area contributed by atoms with Crippen molar-refractivity contribution in [2.45, 2.75) is 6.92 Å². The van der Waals surface area contributed by atoms with Crippen LogP contribution in [0.1, 0.15) is 21.5 Å². The molecule has 1 aliphatic rings. The summed E-state index contributed by atoms with van der Waals surface area (Å²) < 4.78 is 14.2. The molecule has 0 amide bonds. The molecule has 0 saturated carbocycles. The number of hydrogen-bond acceptors (Lipinski definition) is 2. The van der Waals surface area contributed by atoms with Crippen molar-refractivity contribution in [2.24, 2.45) is 0 Å². The largest absolute Gasteiger partial charge is 0.618 e. The highest BCUT2D eigenvalue weighted by Crippen LogP contribution is 2.29. The Labute approximate surface area is 109 Å². The maximum Gasteiger partial charge on any atom is 0.273 e. The molecule has 19 heavy (non-hydrogen) atoms.